The number of ether oxygens (including phenoxy) is 3. The molecule has 0 saturated carbocycles. The van der Waals surface area contributed by atoms with Gasteiger partial charge in [-0.2, -0.15) is 0 Å². The summed E-state index contributed by atoms with van der Waals surface area (Å²) in [6, 6.07) is 17.2. The molecular weight excluding hydrogens is 464 g/mol. The van der Waals surface area contributed by atoms with Crippen LogP contribution < -0.4 is 14.8 Å². The maximum Gasteiger partial charge on any atom is 0.345 e. The fraction of sp³-hybridized carbons (Fsp3) is 0.167. The molecule has 10 heteroatoms. The second kappa shape index (κ2) is 11.2. The molecule has 0 spiro atoms. The Morgan fingerprint density at radius 3 is 2.44 bits per heavy atom. The van der Waals surface area contributed by atoms with Crippen molar-refractivity contribution in [3.8, 4) is 11.5 Å². The summed E-state index contributed by atoms with van der Waals surface area (Å²) in [6.45, 7) is 1.43. The lowest BCUT2D eigenvalue weighted by atomic mass is 10.1. The van der Waals surface area contributed by atoms with Gasteiger partial charge in [-0.05, 0) is 30.7 Å². The summed E-state index contributed by atoms with van der Waals surface area (Å²) in [4.78, 5) is 35.8. The standard InChI is InChI=1S/C24H21ClN2O7/c1-15-8-11-20(21(12-15)32-2)33-14-22(28)34-23(16-6-4-3-5-7-16)24(29)26-19-10-9-17(27(30)31)13-18(19)25/h3-13,23H,14H2,1-2H3,(H,26,29). The molecule has 3 rings (SSSR count). The number of benzene rings is 3. The number of nitro benzene ring substituents is 1. The maximum atomic E-state index is 13.0. The van der Waals surface area contributed by atoms with Crippen molar-refractivity contribution >= 4 is 34.9 Å². The highest BCUT2D eigenvalue weighted by Gasteiger charge is 2.26. The fourth-order valence-corrected chi connectivity index (χ4v) is 3.24. The smallest absolute Gasteiger partial charge is 0.345 e. The third-order valence-electron chi connectivity index (χ3n) is 4.68. The van der Waals surface area contributed by atoms with E-state index in [2.05, 4.69) is 5.32 Å². The summed E-state index contributed by atoms with van der Waals surface area (Å²) in [5.41, 5.74) is 1.28. The van der Waals surface area contributed by atoms with Gasteiger partial charge in [0.05, 0.1) is 22.7 Å². The van der Waals surface area contributed by atoms with Crippen LogP contribution in [0.1, 0.15) is 17.2 Å². The minimum atomic E-state index is -1.32. The summed E-state index contributed by atoms with van der Waals surface area (Å²) < 4.78 is 16.2. The largest absolute Gasteiger partial charge is 0.493 e. The summed E-state index contributed by atoms with van der Waals surface area (Å²) in [5.74, 6) is -0.675. The van der Waals surface area contributed by atoms with Crippen molar-refractivity contribution in [2.75, 3.05) is 19.0 Å². The first-order valence-corrected chi connectivity index (χ1v) is 10.4. The Kier molecular flexibility index (Phi) is 8.05. The van der Waals surface area contributed by atoms with Gasteiger partial charge in [-0.25, -0.2) is 4.79 Å². The summed E-state index contributed by atoms with van der Waals surface area (Å²) in [7, 11) is 1.49. The second-order valence-electron chi connectivity index (χ2n) is 7.13. The normalized spacial score (nSPS) is 11.3. The Hall–Kier alpha value is -4.11. The van der Waals surface area contributed by atoms with E-state index in [9.17, 15) is 19.7 Å². The van der Waals surface area contributed by atoms with Crippen LogP contribution >= 0.6 is 11.6 Å². The molecule has 1 N–H and O–H groups in total. The second-order valence-corrected chi connectivity index (χ2v) is 7.54. The molecular formula is C24H21ClN2O7. The van der Waals surface area contributed by atoms with Crippen molar-refractivity contribution in [3.63, 3.8) is 0 Å². The average molecular weight is 485 g/mol. The van der Waals surface area contributed by atoms with Gasteiger partial charge in [-0.3, -0.25) is 14.9 Å². The highest BCUT2D eigenvalue weighted by atomic mass is 35.5. The first kappa shape index (κ1) is 24.5. The van der Waals surface area contributed by atoms with E-state index in [0.29, 0.717) is 17.1 Å². The quantitative estimate of drug-likeness (QED) is 0.261. The number of esters is 1. The van der Waals surface area contributed by atoms with Crippen molar-refractivity contribution in [1.82, 2.24) is 0 Å². The van der Waals surface area contributed by atoms with E-state index in [1.807, 2.05) is 6.92 Å². The molecule has 34 heavy (non-hydrogen) atoms. The van der Waals surface area contributed by atoms with Crippen LogP contribution in [0.2, 0.25) is 5.02 Å². The van der Waals surface area contributed by atoms with Gasteiger partial charge in [0.2, 0.25) is 6.10 Å². The molecule has 3 aromatic carbocycles. The zero-order chi connectivity index (χ0) is 24.7. The number of amides is 1. The Morgan fingerprint density at radius 1 is 1.06 bits per heavy atom. The van der Waals surface area contributed by atoms with Crippen molar-refractivity contribution in [1.29, 1.82) is 0 Å². The lowest BCUT2D eigenvalue weighted by molar-refractivity contribution is -0.384. The maximum absolute atomic E-state index is 13.0. The van der Waals surface area contributed by atoms with Crippen LogP contribution in [0.5, 0.6) is 11.5 Å². The summed E-state index contributed by atoms with van der Waals surface area (Å²) >= 11 is 6.07. The van der Waals surface area contributed by atoms with Gasteiger partial charge in [0.25, 0.3) is 11.6 Å². The van der Waals surface area contributed by atoms with Crippen molar-refractivity contribution in [3.05, 3.63) is 93.0 Å². The Labute approximate surface area is 200 Å². The van der Waals surface area contributed by atoms with Crippen LogP contribution in [0.4, 0.5) is 11.4 Å². The van der Waals surface area contributed by atoms with E-state index in [1.165, 1.54) is 19.2 Å². The van der Waals surface area contributed by atoms with Gasteiger partial charge >= 0.3 is 5.97 Å². The number of methoxy groups -OCH3 is 1. The van der Waals surface area contributed by atoms with Crippen molar-refractivity contribution < 1.29 is 28.7 Å². The molecule has 1 atom stereocenters. The molecule has 0 aromatic heterocycles. The number of carbonyl (C=O) groups excluding carboxylic acids is 2. The minimum Gasteiger partial charge on any atom is -0.493 e. The zero-order valence-electron chi connectivity index (χ0n) is 18.3. The highest BCUT2D eigenvalue weighted by molar-refractivity contribution is 6.34. The number of rotatable bonds is 9. The lowest BCUT2D eigenvalue weighted by Crippen LogP contribution is -2.28. The van der Waals surface area contributed by atoms with E-state index < -0.39 is 29.5 Å². The Morgan fingerprint density at radius 2 is 1.79 bits per heavy atom. The highest BCUT2D eigenvalue weighted by Crippen LogP contribution is 2.30. The van der Waals surface area contributed by atoms with Crippen LogP contribution in [0.15, 0.2) is 66.7 Å². The molecule has 3 aromatic rings. The third-order valence-corrected chi connectivity index (χ3v) is 4.99. The summed E-state index contributed by atoms with van der Waals surface area (Å²) in [6.07, 6.45) is -1.32. The van der Waals surface area contributed by atoms with Crippen LogP contribution in [0.3, 0.4) is 0 Å². The molecule has 9 nitrogen and oxygen atoms in total. The van der Waals surface area contributed by atoms with Crippen LogP contribution in [-0.4, -0.2) is 30.5 Å². The molecule has 0 bridgehead atoms. The first-order chi connectivity index (χ1) is 16.3. The molecule has 0 aliphatic rings. The monoisotopic (exact) mass is 484 g/mol. The van der Waals surface area contributed by atoms with Crippen molar-refractivity contribution in [2.24, 2.45) is 0 Å². The number of nitrogens with zero attached hydrogens (tertiary/aromatic N) is 1. The molecule has 0 fully saturated rings. The zero-order valence-corrected chi connectivity index (χ0v) is 19.1. The van der Waals surface area contributed by atoms with Crippen LogP contribution in [-0.2, 0) is 14.3 Å². The fourth-order valence-electron chi connectivity index (χ4n) is 3.01. The number of halogens is 1. The molecule has 0 saturated heterocycles. The molecule has 0 radical (unpaired) electrons. The molecule has 1 unspecified atom stereocenters. The Bertz CT molecular complexity index is 1200. The minimum absolute atomic E-state index is 0.0320. The summed E-state index contributed by atoms with van der Waals surface area (Å²) in [5, 5.41) is 13.4. The third kappa shape index (κ3) is 6.23. The van der Waals surface area contributed by atoms with Gasteiger partial charge in [-0.15, -0.1) is 0 Å². The number of hydrogen-bond donors (Lipinski definition) is 1. The number of hydrogen-bond acceptors (Lipinski definition) is 7. The average Bonchev–Trinajstić information content (AvgIpc) is 2.83. The molecule has 1 amide bonds. The molecule has 0 heterocycles. The SMILES string of the molecule is COc1cc(C)ccc1OCC(=O)OC(C(=O)Nc1ccc([N+](=O)[O-])cc1Cl)c1ccccc1. The number of nitrogens with one attached hydrogen (secondary N) is 1. The van der Waals surface area contributed by atoms with E-state index in [-0.39, 0.29) is 16.4 Å². The number of nitro groups is 1. The lowest BCUT2D eigenvalue weighted by Gasteiger charge is -2.19. The molecule has 176 valence electrons. The predicted octanol–water partition coefficient (Wildman–Crippen LogP) is 4.87. The van der Waals surface area contributed by atoms with Gasteiger partial charge < -0.3 is 19.5 Å². The molecule has 0 aliphatic carbocycles. The van der Waals surface area contributed by atoms with Gasteiger partial charge in [-0.1, -0.05) is 48.0 Å². The predicted molar refractivity (Wildman–Crippen MR) is 125 cm³/mol. The molecule has 0 aliphatic heterocycles. The van der Waals surface area contributed by atoms with Crippen LogP contribution in [0, 0.1) is 17.0 Å². The van der Waals surface area contributed by atoms with E-state index >= 15 is 0 Å². The van der Waals surface area contributed by atoms with Gasteiger partial charge in [0.1, 0.15) is 0 Å². The first-order valence-electron chi connectivity index (χ1n) is 10.0. The number of carbonyl (C=O) groups is 2. The van der Waals surface area contributed by atoms with Gasteiger partial charge in [0, 0.05) is 17.7 Å². The number of non-ortho nitro benzene ring substituents is 1. The van der Waals surface area contributed by atoms with Crippen LogP contribution in [0.25, 0.3) is 0 Å². The van der Waals surface area contributed by atoms with E-state index in [4.69, 9.17) is 25.8 Å². The van der Waals surface area contributed by atoms with Crippen molar-refractivity contribution in [2.45, 2.75) is 13.0 Å². The topological polar surface area (TPSA) is 117 Å². The Balaban J connectivity index is 1.74. The van der Waals surface area contributed by atoms with E-state index in [1.54, 1.807) is 48.5 Å². The number of aryl methyl sites for hydroxylation is 1. The van der Waals surface area contributed by atoms with E-state index in [0.717, 1.165) is 11.6 Å². The number of anilines is 1. The van der Waals surface area contributed by atoms with Gasteiger partial charge in [0.15, 0.2) is 18.1 Å².